The van der Waals surface area contributed by atoms with Crippen molar-refractivity contribution in [3.8, 4) is 0 Å². The second-order valence-electron chi connectivity index (χ2n) is 5.00. The molecule has 0 bridgehead atoms. The van der Waals surface area contributed by atoms with Crippen molar-refractivity contribution in [2.24, 2.45) is 0 Å². The summed E-state index contributed by atoms with van der Waals surface area (Å²) in [5.41, 5.74) is 0. The molecule has 1 fully saturated rings. The van der Waals surface area contributed by atoms with Crippen LogP contribution in [0.2, 0.25) is 0 Å². The van der Waals surface area contributed by atoms with Crippen molar-refractivity contribution < 1.29 is 14.6 Å². The lowest BCUT2D eigenvalue weighted by molar-refractivity contribution is -0.143. The maximum Gasteiger partial charge on any atom is 0.251 e. The summed E-state index contributed by atoms with van der Waals surface area (Å²) >= 11 is 0. The molecule has 1 N–H and O–H groups in total. The number of rotatable bonds is 7. The lowest BCUT2D eigenvalue weighted by Gasteiger charge is -2.28. The molecule has 4 heteroatoms. The number of aliphatic hydroxyl groups is 1. The highest BCUT2D eigenvalue weighted by Crippen LogP contribution is 2.22. The number of likely N-dealkylation sites (tertiary alicyclic amines) is 1. The minimum absolute atomic E-state index is 0.0437. The van der Waals surface area contributed by atoms with Gasteiger partial charge in [0.2, 0.25) is 0 Å². The van der Waals surface area contributed by atoms with E-state index in [-0.39, 0.29) is 18.1 Å². The van der Waals surface area contributed by atoms with E-state index in [1.165, 1.54) is 0 Å². The van der Waals surface area contributed by atoms with Crippen molar-refractivity contribution in [3.63, 3.8) is 0 Å². The maximum absolute atomic E-state index is 12.2. The highest BCUT2D eigenvalue weighted by atomic mass is 16.5. The third-order valence-corrected chi connectivity index (χ3v) is 3.31. The van der Waals surface area contributed by atoms with E-state index < -0.39 is 6.10 Å². The van der Waals surface area contributed by atoms with Crippen LogP contribution in [-0.4, -0.2) is 47.3 Å². The second-order valence-corrected chi connectivity index (χ2v) is 5.00. The van der Waals surface area contributed by atoms with E-state index in [1.807, 2.05) is 4.90 Å². The Bertz CT molecular complexity index is 278. The van der Waals surface area contributed by atoms with Gasteiger partial charge in [-0.3, -0.25) is 4.79 Å². The number of carbonyl (C=O) groups is 1. The molecule has 3 atom stereocenters. The third kappa shape index (κ3) is 4.42. The molecule has 1 amide bonds. The average Bonchev–Trinajstić information content (AvgIpc) is 2.75. The molecule has 0 aromatic heterocycles. The van der Waals surface area contributed by atoms with E-state index >= 15 is 0 Å². The molecule has 18 heavy (non-hydrogen) atoms. The molecule has 1 aliphatic heterocycles. The summed E-state index contributed by atoms with van der Waals surface area (Å²) in [7, 11) is 0. The summed E-state index contributed by atoms with van der Waals surface area (Å²) in [6.45, 7) is 8.50. The van der Waals surface area contributed by atoms with Gasteiger partial charge in [-0.1, -0.05) is 6.08 Å². The number of hydrogen-bond acceptors (Lipinski definition) is 3. The first-order chi connectivity index (χ1) is 8.56. The van der Waals surface area contributed by atoms with Crippen molar-refractivity contribution in [2.45, 2.75) is 57.8 Å². The van der Waals surface area contributed by atoms with E-state index in [9.17, 15) is 9.90 Å². The predicted octanol–water partition coefficient (Wildman–Crippen LogP) is 1.73. The molecule has 0 spiro atoms. The van der Waals surface area contributed by atoms with Gasteiger partial charge in [-0.05, 0) is 39.5 Å². The van der Waals surface area contributed by atoms with Crippen LogP contribution in [0.1, 0.15) is 39.5 Å². The summed E-state index contributed by atoms with van der Waals surface area (Å²) in [5, 5.41) is 9.44. The maximum atomic E-state index is 12.2. The van der Waals surface area contributed by atoms with Crippen molar-refractivity contribution in [1.82, 2.24) is 4.90 Å². The average molecular weight is 255 g/mol. The van der Waals surface area contributed by atoms with Gasteiger partial charge in [-0.25, -0.2) is 0 Å². The summed E-state index contributed by atoms with van der Waals surface area (Å²) in [6, 6.07) is 0.169. The first kappa shape index (κ1) is 15.2. The summed E-state index contributed by atoms with van der Waals surface area (Å²) in [5.74, 6) is 0.0437. The normalized spacial score (nSPS) is 22.8. The van der Waals surface area contributed by atoms with Gasteiger partial charge in [0.1, 0.15) is 6.10 Å². The molecular weight excluding hydrogens is 230 g/mol. The Labute approximate surface area is 110 Å². The van der Waals surface area contributed by atoms with Crippen molar-refractivity contribution in [1.29, 1.82) is 0 Å². The van der Waals surface area contributed by atoms with Gasteiger partial charge >= 0.3 is 0 Å². The number of carbonyl (C=O) groups excluding carboxylic acids is 1. The molecule has 1 saturated heterocycles. The summed E-state index contributed by atoms with van der Waals surface area (Å²) in [4.78, 5) is 14.1. The Morgan fingerprint density at radius 2 is 2.33 bits per heavy atom. The van der Waals surface area contributed by atoms with E-state index in [1.54, 1.807) is 19.9 Å². The Kier molecular flexibility index (Phi) is 6.36. The zero-order chi connectivity index (χ0) is 13.5. The Hall–Kier alpha value is -0.870. The number of ether oxygens (including phenoxy) is 1. The van der Waals surface area contributed by atoms with Crippen LogP contribution in [0.15, 0.2) is 12.7 Å². The standard InChI is InChI=1S/C14H25NO3/c1-4-5-9-18-12(3)14(17)15-8-6-7-13(15)10-11(2)16/h4,11-13,16H,1,5-10H2,2-3H3. The smallest absolute Gasteiger partial charge is 0.251 e. The molecule has 0 aromatic carbocycles. The topological polar surface area (TPSA) is 49.8 Å². The monoisotopic (exact) mass is 255 g/mol. The van der Waals surface area contributed by atoms with Crippen LogP contribution in [0.5, 0.6) is 0 Å². The first-order valence-corrected chi connectivity index (χ1v) is 6.77. The zero-order valence-corrected chi connectivity index (χ0v) is 11.5. The lowest BCUT2D eigenvalue weighted by Crippen LogP contribution is -2.43. The van der Waals surface area contributed by atoms with Crippen molar-refractivity contribution in [2.75, 3.05) is 13.2 Å². The van der Waals surface area contributed by atoms with Gasteiger partial charge in [-0.2, -0.15) is 0 Å². The minimum Gasteiger partial charge on any atom is -0.393 e. The van der Waals surface area contributed by atoms with Gasteiger partial charge < -0.3 is 14.7 Å². The molecule has 0 saturated carbocycles. The van der Waals surface area contributed by atoms with Crippen LogP contribution in [0, 0.1) is 0 Å². The van der Waals surface area contributed by atoms with Crippen LogP contribution in [0.3, 0.4) is 0 Å². The zero-order valence-electron chi connectivity index (χ0n) is 11.5. The van der Waals surface area contributed by atoms with Crippen molar-refractivity contribution >= 4 is 5.91 Å². The molecule has 4 nitrogen and oxygen atoms in total. The molecule has 1 heterocycles. The molecule has 3 unspecified atom stereocenters. The third-order valence-electron chi connectivity index (χ3n) is 3.31. The van der Waals surface area contributed by atoms with Gasteiger partial charge in [0.15, 0.2) is 0 Å². The fraction of sp³-hybridized carbons (Fsp3) is 0.786. The van der Waals surface area contributed by atoms with E-state index in [0.717, 1.165) is 25.8 Å². The van der Waals surface area contributed by atoms with Crippen LogP contribution >= 0.6 is 0 Å². The molecule has 104 valence electrons. The van der Waals surface area contributed by atoms with Crippen LogP contribution in [-0.2, 0) is 9.53 Å². The second kappa shape index (κ2) is 7.54. The van der Waals surface area contributed by atoms with Crippen LogP contribution < -0.4 is 0 Å². The Balaban J connectivity index is 2.45. The van der Waals surface area contributed by atoms with Crippen molar-refractivity contribution in [3.05, 3.63) is 12.7 Å². The fourth-order valence-corrected chi connectivity index (χ4v) is 2.40. The van der Waals surface area contributed by atoms with E-state index in [0.29, 0.717) is 13.0 Å². The number of amides is 1. The van der Waals surface area contributed by atoms with E-state index in [4.69, 9.17) is 4.74 Å². The highest BCUT2D eigenvalue weighted by Gasteiger charge is 2.32. The SMILES string of the molecule is C=CCCOC(C)C(=O)N1CCCC1CC(C)O. The Morgan fingerprint density at radius 1 is 1.61 bits per heavy atom. The summed E-state index contributed by atoms with van der Waals surface area (Å²) in [6.07, 6.45) is 4.43. The molecule has 0 radical (unpaired) electrons. The minimum atomic E-state index is -0.403. The lowest BCUT2D eigenvalue weighted by atomic mass is 10.1. The Morgan fingerprint density at radius 3 is 2.94 bits per heavy atom. The van der Waals surface area contributed by atoms with Gasteiger partial charge in [0, 0.05) is 12.6 Å². The number of hydrogen-bond donors (Lipinski definition) is 1. The summed E-state index contributed by atoms with van der Waals surface area (Å²) < 4.78 is 5.48. The van der Waals surface area contributed by atoms with Gasteiger partial charge in [0.05, 0.1) is 12.7 Å². The number of nitrogens with zero attached hydrogens (tertiary/aromatic N) is 1. The largest absolute Gasteiger partial charge is 0.393 e. The van der Waals surface area contributed by atoms with Crippen LogP contribution in [0.4, 0.5) is 0 Å². The molecule has 1 aliphatic rings. The molecular formula is C14H25NO3. The predicted molar refractivity (Wildman–Crippen MR) is 71.3 cm³/mol. The van der Waals surface area contributed by atoms with Crippen LogP contribution in [0.25, 0.3) is 0 Å². The first-order valence-electron chi connectivity index (χ1n) is 6.77. The quantitative estimate of drug-likeness (QED) is 0.557. The molecule has 0 aliphatic carbocycles. The van der Waals surface area contributed by atoms with Gasteiger partial charge in [0.25, 0.3) is 5.91 Å². The molecule has 1 rings (SSSR count). The van der Waals surface area contributed by atoms with Gasteiger partial charge in [-0.15, -0.1) is 6.58 Å². The number of aliphatic hydroxyl groups excluding tert-OH is 1. The van der Waals surface area contributed by atoms with E-state index in [2.05, 4.69) is 6.58 Å². The molecule has 0 aromatic rings. The fourth-order valence-electron chi connectivity index (χ4n) is 2.40. The highest BCUT2D eigenvalue weighted by molar-refractivity contribution is 5.81.